The van der Waals surface area contributed by atoms with E-state index in [1.165, 1.54) is 11.9 Å². The average molecular weight is 453 g/mol. The molecule has 162 valence electrons. The van der Waals surface area contributed by atoms with Gasteiger partial charge in [0.25, 0.3) is 0 Å². The van der Waals surface area contributed by atoms with Crippen molar-refractivity contribution < 1.29 is 35.2 Å². The zero-order chi connectivity index (χ0) is 21.8. The van der Waals surface area contributed by atoms with E-state index in [2.05, 4.69) is 5.32 Å². The van der Waals surface area contributed by atoms with Gasteiger partial charge in [-0.3, -0.25) is 9.59 Å². The Kier molecular flexibility index (Phi) is 7.30. The Balaban J connectivity index is 1.94. The molecule has 2 amide bonds. The van der Waals surface area contributed by atoms with Crippen LogP contribution in [0.5, 0.6) is 0 Å². The van der Waals surface area contributed by atoms with Gasteiger partial charge in [-0.05, 0) is 25.0 Å². The number of likely N-dealkylation sites (tertiary alicyclic amines) is 1. The van der Waals surface area contributed by atoms with Gasteiger partial charge in [0.1, 0.15) is 17.4 Å². The molecular weight excluding hydrogens is 432 g/mol. The maximum Gasteiger partial charge on any atom is 0.246 e. The predicted octanol–water partition coefficient (Wildman–Crippen LogP) is -0.605. The van der Waals surface area contributed by atoms with Crippen molar-refractivity contribution in [3.05, 3.63) is 29.8 Å². The molecule has 13 heteroatoms. The number of nitrogens with one attached hydrogen (secondary N) is 2. The molecular formula is C16H21F2N3O6S2. The molecule has 0 bridgehead atoms. The Labute approximate surface area is 167 Å². The number of nitrogens with zero attached hydrogens (tertiary/aromatic N) is 1. The van der Waals surface area contributed by atoms with Crippen molar-refractivity contribution in [3.8, 4) is 0 Å². The Morgan fingerprint density at radius 3 is 2.17 bits per heavy atom. The van der Waals surface area contributed by atoms with Crippen molar-refractivity contribution in [2.45, 2.75) is 23.0 Å². The first kappa shape index (κ1) is 23.2. The number of halogens is 2. The third-order valence-corrected chi connectivity index (χ3v) is 8.12. The summed E-state index contributed by atoms with van der Waals surface area (Å²) >= 11 is 0. The van der Waals surface area contributed by atoms with Crippen molar-refractivity contribution in [2.75, 3.05) is 32.4 Å². The summed E-state index contributed by atoms with van der Waals surface area (Å²) in [5.74, 6) is -4.50. The second-order valence-electron chi connectivity index (χ2n) is 6.44. The number of sulfone groups is 1. The van der Waals surface area contributed by atoms with Crippen LogP contribution in [0, 0.1) is 11.6 Å². The highest BCUT2D eigenvalue weighted by Gasteiger charge is 2.33. The molecule has 0 atom stereocenters. The van der Waals surface area contributed by atoms with Crippen LogP contribution < -0.4 is 10.0 Å². The van der Waals surface area contributed by atoms with Gasteiger partial charge < -0.3 is 10.2 Å². The van der Waals surface area contributed by atoms with E-state index in [-0.39, 0.29) is 25.9 Å². The van der Waals surface area contributed by atoms with E-state index in [1.54, 1.807) is 0 Å². The summed E-state index contributed by atoms with van der Waals surface area (Å²) in [6, 6.07) is 2.57. The number of sulfonamides is 1. The Morgan fingerprint density at radius 1 is 1.10 bits per heavy atom. The lowest BCUT2D eigenvalue weighted by atomic mass is 10.1. The molecule has 1 aromatic rings. The van der Waals surface area contributed by atoms with Crippen LogP contribution in [-0.4, -0.2) is 71.2 Å². The van der Waals surface area contributed by atoms with Gasteiger partial charge in [0, 0.05) is 20.1 Å². The molecule has 2 N–H and O–H groups in total. The minimum atomic E-state index is -4.59. The summed E-state index contributed by atoms with van der Waals surface area (Å²) in [5.41, 5.74) is 0. The number of hydrogen-bond acceptors (Lipinski definition) is 6. The Hall–Kier alpha value is -2.12. The molecule has 9 nitrogen and oxygen atoms in total. The number of amides is 2. The largest absolute Gasteiger partial charge is 0.358 e. The van der Waals surface area contributed by atoms with Gasteiger partial charge in [0.2, 0.25) is 21.8 Å². The zero-order valence-electron chi connectivity index (χ0n) is 15.5. The molecule has 1 aliphatic heterocycles. The van der Waals surface area contributed by atoms with Crippen LogP contribution in [0.4, 0.5) is 8.78 Å². The number of carbonyl (C=O) groups excluding carboxylic acids is 2. The third-order valence-electron chi connectivity index (χ3n) is 4.51. The lowest BCUT2D eigenvalue weighted by Crippen LogP contribution is -2.47. The summed E-state index contributed by atoms with van der Waals surface area (Å²) in [6.07, 6.45) is 0.194. The van der Waals surface area contributed by atoms with Gasteiger partial charge in [-0.15, -0.1) is 0 Å². The number of rotatable bonds is 7. The lowest BCUT2D eigenvalue weighted by molar-refractivity contribution is -0.130. The van der Waals surface area contributed by atoms with E-state index >= 15 is 0 Å². The minimum absolute atomic E-state index is 0.0479. The Morgan fingerprint density at radius 2 is 1.66 bits per heavy atom. The second kappa shape index (κ2) is 9.13. The maximum absolute atomic E-state index is 13.7. The van der Waals surface area contributed by atoms with Gasteiger partial charge >= 0.3 is 0 Å². The highest BCUT2D eigenvalue weighted by molar-refractivity contribution is 7.92. The highest BCUT2D eigenvalue weighted by atomic mass is 32.2. The van der Waals surface area contributed by atoms with Crippen molar-refractivity contribution in [2.24, 2.45) is 0 Å². The first-order valence-electron chi connectivity index (χ1n) is 8.61. The minimum Gasteiger partial charge on any atom is -0.358 e. The van der Waals surface area contributed by atoms with Crippen molar-refractivity contribution >= 4 is 31.7 Å². The molecule has 0 radical (unpaired) electrons. The highest BCUT2D eigenvalue weighted by Crippen LogP contribution is 2.20. The molecule has 0 aliphatic carbocycles. The quantitative estimate of drug-likeness (QED) is 0.567. The van der Waals surface area contributed by atoms with E-state index in [4.69, 9.17) is 0 Å². The number of piperidine rings is 1. The number of carbonyl (C=O) groups is 2. The fourth-order valence-corrected chi connectivity index (χ4v) is 5.70. The zero-order valence-corrected chi connectivity index (χ0v) is 17.2. The van der Waals surface area contributed by atoms with Crippen molar-refractivity contribution in [1.82, 2.24) is 14.9 Å². The van der Waals surface area contributed by atoms with Gasteiger partial charge in [0.05, 0.1) is 11.8 Å². The first-order valence-corrected chi connectivity index (χ1v) is 11.8. The summed E-state index contributed by atoms with van der Waals surface area (Å²) in [6.45, 7) is -0.635. The smallest absolute Gasteiger partial charge is 0.246 e. The SMILES string of the molecule is CNC(=O)CS(=O)(=O)C1CCN(C(=O)CNS(=O)(=O)c2c(F)cccc2F)CC1. The third kappa shape index (κ3) is 5.70. The number of benzene rings is 1. The van der Waals surface area contributed by atoms with Crippen LogP contribution in [0.2, 0.25) is 0 Å². The van der Waals surface area contributed by atoms with Crippen LogP contribution in [0.25, 0.3) is 0 Å². The van der Waals surface area contributed by atoms with Crippen LogP contribution in [0.3, 0.4) is 0 Å². The van der Waals surface area contributed by atoms with Gasteiger partial charge in [0.15, 0.2) is 14.7 Å². The Bertz CT molecular complexity index is 970. The molecule has 1 aliphatic rings. The molecule has 29 heavy (non-hydrogen) atoms. The van der Waals surface area contributed by atoms with Crippen LogP contribution in [0.15, 0.2) is 23.1 Å². The van der Waals surface area contributed by atoms with Crippen LogP contribution in [-0.2, 0) is 29.4 Å². The maximum atomic E-state index is 13.7. The topological polar surface area (TPSA) is 130 Å². The molecule has 0 saturated carbocycles. The molecule has 1 heterocycles. The first-order chi connectivity index (χ1) is 13.5. The molecule has 1 saturated heterocycles. The number of hydrogen-bond donors (Lipinski definition) is 2. The average Bonchev–Trinajstić information content (AvgIpc) is 2.65. The van der Waals surface area contributed by atoms with E-state index < -0.39 is 65.8 Å². The van der Waals surface area contributed by atoms with E-state index in [0.29, 0.717) is 0 Å². The van der Waals surface area contributed by atoms with Gasteiger partial charge in [-0.25, -0.2) is 30.3 Å². The van der Waals surface area contributed by atoms with Crippen molar-refractivity contribution in [3.63, 3.8) is 0 Å². The summed E-state index contributed by atoms with van der Waals surface area (Å²) in [7, 11) is -6.94. The molecule has 2 rings (SSSR count). The summed E-state index contributed by atoms with van der Waals surface area (Å²) in [5, 5.41) is 1.45. The molecule has 1 fully saturated rings. The van der Waals surface area contributed by atoms with E-state index in [0.717, 1.165) is 18.2 Å². The predicted molar refractivity (Wildman–Crippen MR) is 99.0 cm³/mol. The molecule has 0 spiro atoms. The standard InChI is InChI=1S/C16H21F2N3O6S2/c1-19-14(22)10-28(24,25)11-5-7-21(8-6-11)15(23)9-20-29(26,27)16-12(17)3-2-4-13(16)18/h2-4,11,20H,5-10H2,1H3,(H,19,22). The van der Waals surface area contributed by atoms with Gasteiger partial charge in [-0.2, -0.15) is 0 Å². The second-order valence-corrected chi connectivity index (χ2v) is 10.4. The van der Waals surface area contributed by atoms with E-state index in [9.17, 15) is 35.2 Å². The van der Waals surface area contributed by atoms with Gasteiger partial charge in [-0.1, -0.05) is 6.07 Å². The van der Waals surface area contributed by atoms with E-state index in [1.807, 2.05) is 4.72 Å². The summed E-state index contributed by atoms with van der Waals surface area (Å²) < 4.78 is 77.7. The normalized spacial score (nSPS) is 15.9. The van der Waals surface area contributed by atoms with Crippen molar-refractivity contribution in [1.29, 1.82) is 0 Å². The monoisotopic (exact) mass is 453 g/mol. The van der Waals surface area contributed by atoms with Crippen LogP contribution in [0.1, 0.15) is 12.8 Å². The fourth-order valence-electron chi connectivity index (χ4n) is 2.92. The molecule has 1 aromatic carbocycles. The summed E-state index contributed by atoms with van der Waals surface area (Å²) in [4.78, 5) is 23.6. The van der Waals surface area contributed by atoms with Crippen LogP contribution >= 0.6 is 0 Å². The molecule has 0 unspecified atom stereocenters. The fraction of sp³-hybridized carbons (Fsp3) is 0.500. The lowest BCUT2D eigenvalue weighted by Gasteiger charge is -2.31. The molecule has 0 aromatic heterocycles.